The SMILES string of the molecule is CCCC1=[C-]CC=C1.[Cl-].[Cl-].[Ti+4].c1ccc2[cH-]ccc2c1. The second kappa shape index (κ2) is 12.4. The van der Waals surface area contributed by atoms with Crippen LogP contribution in [0.3, 0.4) is 0 Å². The summed E-state index contributed by atoms with van der Waals surface area (Å²) in [5, 5.41) is 2.66. The maximum absolute atomic E-state index is 3.26. The molecule has 0 unspecified atom stereocenters. The number of hydrogen-bond donors (Lipinski definition) is 0. The van der Waals surface area contributed by atoms with Gasteiger partial charge in [-0.15, -0.1) is 36.1 Å². The van der Waals surface area contributed by atoms with E-state index >= 15 is 0 Å². The van der Waals surface area contributed by atoms with Gasteiger partial charge >= 0.3 is 21.7 Å². The van der Waals surface area contributed by atoms with E-state index in [1.54, 1.807) is 0 Å². The molecule has 3 rings (SSSR count). The predicted octanol–water partition coefficient (Wildman–Crippen LogP) is -0.960. The Labute approximate surface area is 149 Å². The fraction of sp³-hybridized carbons (Fsp3) is 0.235. The first-order chi connectivity index (χ1) is 8.40. The molecule has 3 heteroatoms. The maximum Gasteiger partial charge on any atom is 4.00 e. The van der Waals surface area contributed by atoms with E-state index in [1.165, 1.54) is 29.2 Å². The normalized spacial score (nSPS) is 11.3. The minimum absolute atomic E-state index is 0. The summed E-state index contributed by atoms with van der Waals surface area (Å²) < 4.78 is 0. The van der Waals surface area contributed by atoms with Gasteiger partial charge in [-0.05, 0) is 0 Å². The molecule has 104 valence electrons. The van der Waals surface area contributed by atoms with Crippen molar-refractivity contribution in [3.8, 4) is 0 Å². The second-order valence-corrected chi connectivity index (χ2v) is 4.21. The largest absolute Gasteiger partial charge is 4.00 e. The Balaban J connectivity index is 0. The fourth-order valence-electron chi connectivity index (χ4n) is 1.96. The summed E-state index contributed by atoms with van der Waals surface area (Å²) in [6, 6.07) is 14.7. The third kappa shape index (κ3) is 6.86. The van der Waals surface area contributed by atoms with Crippen molar-refractivity contribution in [1.82, 2.24) is 0 Å². The van der Waals surface area contributed by atoms with Gasteiger partial charge in [0.1, 0.15) is 0 Å². The molecule has 1 aliphatic carbocycles. The van der Waals surface area contributed by atoms with Gasteiger partial charge in [-0.2, -0.15) is 23.6 Å². The van der Waals surface area contributed by atoms with Gasteiger partial charge < -0.3 is 24.8 Å². The summed E-state index contributed by atoms with van der Waals surface area (Å²) in [5.41, 5.74) is 1.40. The molecule has 0 saturated carbocycles. The van der Waals surface area contributed by atoms with Gasteiger partial charge in [0, 0.05) is 0 Å². The van der Waals surface area contributed by atoms with E-state index in [1.807, 2.05) is 0 Å². The van der Waals surface area contributed by atoms with Crippen molar-refractivity contribution in [1.29, 1.82) is 0 Å². The summed E-state index contributed by atoms with van der Waals surface area (Å²) in [4.78, 5) is 0. The van der Waals surface area contributed by atoms with E-state index in [-0.39, 0.29) is 46.5 Å². The van der Waals surface area contributed by atoms with Crippen molar-refractivity contribution in [3.05, 3.63) is 66.3 Å². The van der Waals surface area contributed by atoms with Crippen LogP contribution >= 0.6 is 0 Å². The summed E-state index contributed by atoms with van der Waals surface area (Å²) in [7, 11) is 0. The van der Waals surface area contributed by atoms with E-state index < -0.39 is 0 Å². The average molecular weight is 341 g/mol. The molecule has 0 nitrogen and oxygen atoms in total. The molecule has 0 N–H and O–H groups in total. The predicted molar refractivity (Wildman–Crippen MR) is 75.0 cm³/mol. The van der Waals surface area contributed by atoms with Gasteiger partial charge in [0.15, 0.2) is 0 Å². The van der Waals surface area contributed by atoms with Crippen LogP contribution in [0.2, 0.25) is 0 Å². The molecule has 0 heterocycles. The Morgan fingerprint density at radius 2 is 1.90 bits per heavy atom. The summed E-state index contributed by atoms with van der Waals surface area (Å²) in [6.07, 6.45) is 11.1. The Morgan fingerprint density at radius 1 is 1.15 bits per heavy atom. The molecular weight excluding hydrogens is 323 g/mol. The zero-order valence-electron chi connectivity index (χ0n) is 11.6. The van der Waals surface area contributed by atoms with E-state index in [2.05, 4.69) is 67.6 Å². The van der Waals surface area contributed by atoms with Gasteiger partial charge in [0.05, 0.1) is 0 Å². The van der Waals surface area contributed by atoms with E-state index in [0.29, 0.717) is 0 Å². The second-order valence-electron chi connectivity index (χ2n) is 4.21. The van der Waals surface area contributed by atoms with Crippen LogP contribution in [0.4, 0.5) is 0 Å². The van der Waals surface area contributed by atoms with Crippen LogP contribution in [0.1, 0.15) is 26.2 Å². The van der Waals surface area contributed by atoms with Crippen molar-refractivity contribution >= 4 is 10.8 Å². The van der Waals surface area contributed by atoms with Gasteiger partial charge in [0.2, 0.25) is 0 Å². The molecule has 2 aromatic carbocycles. The van der Waals surface area contributed by atoms with Crippen LogP contribution < -0.4 is 24.8 Å². The summed E-state index contributed by atoms with van der Waals surface area (Å²) in [6.45, 7) is 2.20. The Hall–Kier alpha value is -0.396. The molecule has 20 heavy (non-hydrogen) atoms. The standard InChI is InChI=1S/C9H7.C8H11.2ClH.Ti/c1-2-5-9-7-3-6-8(9)4-1;1-2-5-8-6-3-4-7-8;;;/h1-7H;3,6H,2,4-5H2,1H3;2*1H;/q2*-1;;;+4/p-2. The van der Waals surface area contributed by atoms with Crippen LogP contribution in [0.5, 0.6) is 0 Å². The number of rotatable bonds is 2. The van der Waals surface area contributed by atoms with E-state index in [4.69, 9.17) is 0 Å². The van der Waals surface area contributed by atoms with Crippen LogP contribution in [0.15, 0.2) is 60.2 Å². The number of hydrogen-bond acceptors (Lipinski definition) is 0. The van der Waals surface area contributed by atoms with Crippen molar-refractivity contribution in [2.75, 3.05) is 0 Å². The number of fused-ring (bicyclic) bond motifs is 1. The minimum atomic E-state index is 0. The zero-order valence-corrected chi connectivity index (χ0v) is 14.6. The van der Waals surface area contributed by atoms with Crippen LogP contribution in [-0.2, 0) is 21.7 Å². The maximum atomic E-state index is 3.26. The topological polar surface area (TPSA) is 0 Å². The number of halogens is 2. The van der Waals surface area contributed by atoms with Crippen molar-refractivity contribution in [2.24, 2.45) is 0 Å². The minimum Gasteiger partial charge on any atom is -1.00 e. The smallest absolute Gasteiger partial charge is 1.00 e. The van der Waals surface area contributed by atoms with Crippen molar-refractivity contribution in [2.45, 2.75) is 26.2 Å². The first kappa shape index (κ1) is 21.9. The van der Waals surface area contributed by atoms with Gasteiger partial charge in [0.25, 0.3) is 0 Å². The van der Waals surface area contributed by atoms with E-state index in [0.717, 1.165) is 6.42 Å². The van der Waals surface area contributed by atoms with Crippen LogP contribution in [0.25, 0.3) is 10.8 Å². The molecule has 0 saturated heterocycles. The van der Waals surface area contributed by atoms with Gasteiger partial charge in [-0.3, -0.25) is 6.08 Å². The summed E-state index contributed by atoms with van der Waals surface area (Å²) >= 11 is 0. The summed E-state index contributed by atoms with van der Waals surface area (Å²) in [5.74, 6) is 0. The molecule has 0 amide bonds. The Bertz CT molecular complexity index is 496. The molecular formula is C17H18Cl2Ti. The Morgan fingerprint density at radius 3 is 2.50 bits per heavy atom. The first-order valence-electron chi connectivity index (χ1n) is 6.27. The number of allylic oxidation sites excluding steroid dienone is 4. The molecule has 1 aliphatic rings. The molecule has 0 fully saturated rings. The third-order valence-electron chi connectivity index (χ3n) is 2.83. The zero-order chi connectivity index (χ0) is 11.9. The third-order valence-corrected chi connectivity index (χ3v) is 2.83. The van der Waals surface area contributed by atoms with Gasteiger partial charge in [-0.25, -0.2) is 11.6 Å². The molecule has 0 aliphatic heterocycles. The number of benzene rings is 1. The van der Waals surface area contributed by atoms with Crippen LogP contribution in [0, 0.1) is 6.08 Å². The monoisotopic (exact) mass is 340 g/mol. The molecule has 0 spiro atoms. The first-order valence-corrected chi connectivity index (χ1v) is 6.27. The average Bonchev–Trinajstić information content (AvgIpc) is 3.00. The van der Waals surface area contributed by atoms with E-state index in [9.17, 15) is 0 Å². The fourth-order valence-corrected chi connectivity index (χ4v) is 1.96. The van der Waals surface area contributed by atoms with Gasteiger partial charge in [-0.1, -0.05) is 25.8 Å². The van der Waals surface area contributed by atoms with Crippen LogP contribution in [-0.4, -0.2) is 0 Å². The quantitative estimate of drug-likeness (QED) is 0.488. The Kier molecular flexibility index (Phi) is 13.5. The molecule has 2 aromatic rings. The van der Waals surface area contributed by atoms with Crippen molar-refractivity contribution < 1.29 is 46.5 Å². The molecule has 0 bridgehead atoms. The molecule has 0 aromatic heterocycles. The van der Waals surface area contributed by atoms with Crippen molar-refractivity contribution in [3.63, 3.8) is 0 Å². The molecule has 0 atom stereocenters. The molecule has 0 radical (unpaired) electrons.